The monoisotopic (exact) mass is 172 g/mol. The number of aliphatic hydroxyl groups excluding tert-OH is 2. The van der Waals surface area contributed by atoms with Crippen LogP contribution >= 0.6 is 0 Å². The number of hydrogen-bond donors (Lipinski definition) is 2. The van der Waals surface area contributed by atoms with Crippen LogP contribution in [0, 0.1) is 5.92 Å². The van der Waals surface area contributed by atoms with E-state index < -0.39 is 0 Å². The minimum absolute atomic E-state index is 0.0286. The zero-order valence-electron chi connectivity index (χ0n) is 7.71. The Morgan fingerprint density at radius 1 is 1.08 bits per heavy atom. The Hall–Kier alpha value is -0.0800. The molecule has 0 bridgehead atoms. The second kappa shape index (κ2) is 5.55. The highest BCUT2D eigenvalue weighted by atomic mass is 16.3. The van der Waals surface area contributed by atoms with Gasteiger partial charge in [-0.3, -0.25) is 0 Å². The molecule has 0 heterocycles. The van der Waals surface area contributed by atoms with Crippen LogP contribution < -0.4 is 0 Å². The molecule has 0 radical (unpaired) electrons. The van der Waals surface area contributed by atoms with Crippen molar-refractivity contribution < 1.29 is 10.2 Å². The Morgan fingerprint density at radius 3 is 2.50 bits per heavy atom. The van der Waals surface area contributed by atoms with E-state index in [2.05, 4.69) is 0 Å². The fourth-order valence-corrected chi connectivity index (χ4v) is 2.05. The highest BCUT2D eigenvalue weighted by Gasteiger charge is 2.23. The van der Waals surface area contributed by atoms with Gasteiger partial charge in [0, 0.05) is 6.61 Å². The molecule has 2 atom stereocenters. The van der Waals surface area contributed by atoms with Crippen molar-refractivity contribution in [3.8, 4) is 0 Å². The van der Waals surface area contributed by atoms with Crippen LogP contribution in [0.3, 0.4) is 0 Å². The van der Waals surface area contributed by atoms with Crippen LogP contribution in [0.25, 0.3) is 0 Å². The molecule has 1 aliphatic rings. The van der Waals surface area contributed by atoms with E-state index in [-0.39, 0.29) is 6.10 Å². The summed E-state index contributed by atoms with van der Waals surface area (Å²) in [6.07, 6.45) is 7.74. The maximum absolute atomic E-state index is 9.50. The molecule has 0 aromatic heterocycles. The molecular weight excluding hydrogens is 152 g/mol. The van der Waals surface area contributed by atoms with Crippen LogP contribution in [0.1, 0.15) is 44.9 Å². The lowest BCUT2D eigenvalue weighted by Crippen LogP contribution is -2.12. The maximum Gasteiger partial charge on any atom is 0.0568 e. The highest BCUT2D eigenvalue weighted by molar-refractivity contribution is 4.76. The quantitative estimate of drug-likeness (QED) is 0.620. The van der Waals surface area contributed by atoms with E-state index in [1.54, 1.807) is 0 Å². The van der Waals surface area contributed by atoms with Crippen LogP contribution in [0.4, 0.5) is 0 Å². The minimum Gasteiger partial charge on any atom is -0.396 e. The average molecular weight is 172 g/mol. The van der Waals surface area contributed by atoms with Gasteiger partial charge in [0.1, 0.15) is 0 Å². The van der Waals surface area contributed by atoms with Gasteiger partial charge in [-0.25, -0.2) is 0 Å². The first kappa shape index (κ1) is 10.0. The Bertz CT molecular complexity index is 114. The van der Waals surface area contributed by atoms with Gasteiger partial charge in [-0.15, -0.1) is 0 Å². The molecule has 1 rings (SSSR count). The molecule has 1 aliphatic carbocycles. The summed E-state index contributed by atoms with van der Waals surface area (Å²) in [7, 11) is 0. The molecular formula is C10H20O2. The summed E-state index contributed by atoms with van der Waals surface area (Å²) in [6.45, 7) is 0.313. The van der Waals surface area contributed by atoms with Crippen molar-refractivity contribution in [2.75, 3.05) is 6.61 Å². The Morgan fingerprint density at radius 2 is 1.92 bits per heavy atom. The van der Waals surface area contributed by atoms with Gasteiger partial charge in [-0.1, -0.05) is 19.3 Å². The largest absolute Gasteiger partial charge is 0.396 e. The van der Waals surface area contributed by atoms with E-state index in [1.165, 1.54) is 19.3 Å². The molecule has 2 heteroatoms. The van der Waals surface area contributed by atoms with Gasteiger partial charge in [0.2, 0.25) is 0 Å². The second-order valence-corrected chi connectivity index (χ2v) is 3.83. The molecule has 0 spiro atoms. The molecule has 0 aromatic rings. The maximum atomic E-state index is 9.50. The first-order valence-electron chi connectivity index (χ1n) is 5.13. The normalized spacial score (nSPS) is 29.5. The molecule has 12 heavy (non-hydrogen) atoms. The third-order valence-corrected chi connectivity index (χ3v) is 2.85. The fourth-order valence-electron chi connectivity index (χ4n) is 2.05. The van der Waals surface area contributed by atoms with E-state index in [0.29, 0.717) is 12.5 Å². The molecule has 0 amide bonds. The zero-order chi connectivity index (χ0) is 8.81. The van der Waals surface area contributed by atoms with Crippen LogP contribution in [-0.4, -0.2) is 22.9 Å². The van der Waals surface area contributed by atoms with Crippen molar-refractivity contribution in [2.24, 2.45) is 5.92 Å². The van der Waals surface area contributed by atoms with Crippen molar-refractivity contribution in [3.05, 3.63) is 0 Å². The van der Waals surface area contributed by atoms with Crippen LogP contribution in [0.2, 0.25) is 0 Å². The lowest BCUT2D eigenvalue weighted by molar-refractivity contribution is 0.126. The first-order chi connectivity index (χ1) is 5.84. The van der Waals surface area contributed by atoms with Crippen LogP contribution in [0.5, 0.6) is 0 Å². The van der Waals surface area contributed by atoms with Crippen molar-refractivity contribution in [2.45, 2.75) is 51.0 Å². The SMILES string of the molecule is OCCCCCC1CCCC1O. The van der Waals surface area contributed by atoms with Gasteiger partial charge in [0.25, 0.3) is 0 Å². The first-order valence-corrected chi connectivity index (χ1v) is 5.13. The number of rotatable bonds is 5. The zero-order valence-corrected chi connectivity index (χ0v) is 7.71. The Kier molecular flexibility index (Phi) is 4.62. The summed E-state index contributed by atoms with van der Waals surface area (Å²) < 4.78 is 0. The standard InChI is InChI=1S/C10H20O2/c11-8-3-1-2-5-9-6-4-7-10(9)12/h9-12H,1-8H2. The Balaban J connectivity index is 1.98. The van der Waals surface area contributed by atoms with E-state index in [0.717, 1.165) is 25.7 Å². The third kappa shape index (κ3) is 3.11. The summed E-state index contributed by atoms with van der Waals surface area (Å²) in [4.78, 5) is 0. The number of hydrogen-bond acceptors (Lipinski definition) is 2. The Labute approximate surface area is 74.6 Å². The van der Waals surface area contributed by atoms with E-state index in [9.17, 15) is 5.11 Å². The van der Waals surface area contributed by atoms with Gasteiger partial charge >= 0.3 is 0 Å². The van der Waals surface area contributed by atoms with Crippen molar-refractivity contribution >= 4 is 0 Å². The number of unbranched alkanes of at least 4 members (excludes halogenated alkanes) is 2. The van der Waals surface area contributed by atoms with Gasteiger partial charge in [-0.2, -0.15) is 0 Å². The molecule has 1 saturated carbocycles. The average Bonchev–Trinajstić information content (AvgIpc) is 2.46. The van der Waals surface area contributed by atoms with Crippen LogP contribution in [-0.2, 0) is 0 Å². The topological polar surface area (TPSA) is 40.5 Å². The molecule has 2 nitrogen and oxygen atoms in total. The van der Waals surface area contributed by atoms with Crippen molar-refractivity contribution in [1.82, 2.24) is 0 Å². The van der Waals surface area contributed by atoms with E-state index in [1.807, 2.05) is 0 Å². The lowest BCUT2D eigenvalue weighted by Gasteiger charge is -2.13. The molecule has 2 unspecified atom stereocenters. The second-order valence-electron chi connectivity index (χ2n) is 3.83. The van der Waals surface area contributed by atoms with Crippen molar-refractivity contribution in [3.63, 3.8) is 0 Å². The van der Waals surface area contributed by atoms with Gasteiger partial charge in [0.15, 0.2) is 0 Å². The van der Waals surface area contributed by atoms with Gasteiger partial charge < -0.3 is 10.2 Å². The molecule has 0 aliphatic heterocycles. The van der Waals surface area contributed by atoms with Crippen LogP contribution in [0.15, 0.2) is 0 Å². The summed E-state index contributed by atoms with van der Waals surface area (Å²) in [6, 6.07) is 0. The number of aliphatic hydroxyl groups is 2. The highest BCUT2D eigenvalue weighted by Crippen LogP contribution is 2.29. The summed E-state index contributed by atoms with van der Waals surface area (Å²) in [5.74, 6) is 0.559. The molecule has 0 aromatic carbocycles. The van der Waals surface area contributed by atoms with Crippen molar-refractivity contribution in [1.29, 1.82) is 0 Å². The predicted molar refractivity (Wildman–Crippen MR) is 48.9 cm³/mol. The van der Waals surface area contributed by atoms with E-state index in [4.69, 9.17) is 5.11 Å². The summed E-state index contributed by atoms with van der Waals surface area (Å²) in [5, 5.41) is 18.1. The van der Waals surface area contributed by atoms with E-state index >= 15 is 0 Å². The fraction of sp³-hybridized carbons (Fsp3) is 1.00. The third-order valence-electron chi connectivity index (χ3n) is 2.85. The summed E-state index contributed by atoms with van der Waals surface area (Å²) >= 11 is 0. The molecule has 72 valence electrons. The molecule has 0 saturated heterocycles. The van der Waals surface area contributed by atoms with Gasteiger partial charge in [0.05, 0.1) is 6.10 Å². The lowest BCUT2D eigenvalue weighted by atomic mass is 9.98. The van der Waals surface area contributed by atoms with Gasteiger partial charge in [-0.05, 0) is 31.6 Å². The minimum atomic E-state index is -0.0286. The summed E-state index contributed by atoms with van der Waals surface area (Å²) in [5.41, 5.74) is 0. The molecule has 1 fully saturated rings. The predicted octanol–water partition coefficient (Wildman–Crippen LogP) is 1.70. The molecule has 2 N–H and O–H groups in total. The smallest absolute Gasteiger partial charge is 0.0568 e.